The number of nitrogens with one attached hydrogen (secondary N) is 1. The molecule has 0 saturated heterocycles. The molecule has 0 atom stereocenters. The van der Waals surface area contributed by atoms with Gasteiger partial charge >= 0.3 is 0 Å². The van der Waals surface area contributed by atoms with Crippen LogP contribution < -0.4 is 5.32 Å². The average Bonchev–Trinajstić information content (AvgIpc) is 3.21. The SMILES string of the molecule is CCn1ccc(NC(=O)c2cc(C3CC3)nc3c2cnn3C)n1. The molecule has 3 aromatic rings. The normalized spacial score (nSPS) is 14.3. The van der Waals surface area contributed by atoms with Crippen molar-refractivity contribution in [1.82, 2.24) is 24.5 Å². The van der Waals surface area contributed by atoms with Crippen LogP contribution in [0.4, 0.5) is 5.82 Å². The molecule has 7 heteroatoms. The maximum atomic E-state index is 12.7. The summed E-state index contributed by atoms with van der Waals surface area (Å²) >= 11 is 0. The van der Waals surface area contributed by atoms with Crippen LogP contribution in [0.1, 0.15) is 41.7 Å². The van der Waals surface area contributed by atoms with Crippen LogP contribution in [-0.4, -0.2) is 30.5 Å². The summed E-state index contributed by atoms with van der Waals surface area (Å²) in [5.74, 6) is 0.854. The van der Waals surface area contributed by atoms with Crippen LogP contribution in [-0.2, 0) is 13.6 Å². The fourth-order valence-corrected chi connectivity index (χ4v) is 2.70. The van der Waals surface area contributed by atoms with Crippen LogP contribution in [0.3, 0.4) is 0 Å². The lowest BCUT2D eigenvalue weighted by molar-refractivity contribution is 0.102. The third-order valence-corrected chi connectivity index (χ3v) is 4.17. The quantitative estimate of drug-likeness (QED) is 0.802. The van der Waals surface area contributed by atoms with Crippen molar-refractivity contribution in [1.29, 1.82) is 0 Å². The van der Waals surface area contributed by atoms with Gasteiger partial charge in [0.2, 0.25) is 0 Å². The number of amides is 1. The molecular formula is C16H18N6O. The Balaban J connectivity index is 1.72. The molecule has 1 aliphatic carbocycles. The van der Waals surface area contributed by atoms with E-state index >= 15 is 0 Å². The van der Waals surface area contributed by atoms with Crippen LogP contribution in [0.15, 0.2) is 24.5 Å². The first-order valence-electron chi connectivity index (χ1n) is 7.83. The van der Waals surface area contributed by atoms with Crippen LogP contribution in [0.5, 0.6) is 0 Å². The average molecular weight is 310 g/mol. The van der Waals surface area contributed by atoms with Gasteiger partial charge < -0.3 is 5.32 Å². The van der Waals surface area contributed by atoms with Crippen molar-refractivity contribution >= 4 is 22.8 Å². The number of hydrogen-bond donors (Lipinski definition) is 1. The summed E-state index contributed by atoms with van der Waals surface area (Å²) in [5.41, 5.74) is 2.33. The predicted octanol–water partition coefficient (Wildman–Crippen LogP) is 2.31. The summed E-state index contributed by atoms with van der Waals surface area (Å²) in [5, 5.41) is 12.2. The number of carbonyl (C=O) groups is 1. The van der Waals surface area contributed by atoms with Gasteiger partial charge in [-0.2, -0.15) is 10.2 Å². The van der Waals surface area contributed by atoms with Crippen molar-refractivity contribution in [2.75, 3.05) is 5.32 Å². The number of aromatic nitrogens is 5. The van der Waals surface area contributed by atoms with Crippen LogP contribution >= 0.6 is 0 Å². The summed E-state index contributed by atoms with van der Waals surface area (Å²) in [6.07, 6.45) is 5.81. The number of nitrogens with zero attached hydrogens (tertiary/aromatic N) is 5. The lowest BCUT2D eigenvalue weighted by Gasteiger charge is -2.07. The summed E-state index contributed by atoms with van der Waals surface area (Å²) in [6.45, 7) is 2.77. The van der Waals surface area contributed by atoms with E-state index in [0.29, 0.717) is 17.3 Å². The van der Waals surface area contributed by atoms with Gasteiger partial charge in [-0.15, -0.1) is 0 Å². The maximum absolute atomic E-state index is 12.7. The van der Waals surface area contributed by atoms with Gasteiger partial charge in [0.1, 0.15) is 0 Å². The fraction of sp³-hybridized carbons (Fsp3) is 0.375. The van der Waals surface area contributed by atoms with E-state index in [0.717, 1.165) is 36.1 Å². The number of fused-ring (bicyclic) bond motifs is 1. The first-order chi connectivity index (χ1) is 11.2. The lowest BCUT2D eigenvalue weighted by atomic mass is 10.1. The molecule has 118 valence electrons. The van der Waals surface area contributed by atoms with Gasteiger partial charge in [0.25, 0.3) is 5.91 Å². The van der Waals surface area contributed by atoms with Gasteiger partial charge in [-0.1, -0.05) is 0 Å². The molecule has 3 aromatic heterocycles. The van der Waals surface area contributed by atoms with Crippen LogP contribution in [0.25, 0.3) is 11.0 Å². The molecule has 0 radical (unpaired) electrons. The Kier molecular flexibility index (Phi) is 3.14. The lowest BCUT2D eigenvalue weighted by Crippen LogP contribution is -2.14. The number of anilines is 1. The summed E-state index contributed by atoms with van der Waals surface area (Å²) in [7, 11) is 1.84. The minimum Gasteiger partial charge on any atom is -0.305 e. The molecule has 1 amide bonds. The summed E-state index contributed by atoms with van der Waals surface area (Å²) in [6, 6.07) is 3.69. The first kappa shape index (κ1) is 13.9. The Morgan fingerprint density at radius 1 is 1.43 bits per heavy atom. The van der Waals surface area contributed by atoms with E-state index in [4.69, 9.17) is 0 Å². The molecule has 1 saturated carbocycles. The zero-order valence-electron chi connectivity index (χ0n) is 13.2. The van der Waals surface area contributed by atoms with Crippen LogP contribution in [0.2, 0.25) is 0 Å². The standard InChI is InChI=1S/C16H18N6O/c1-3-22-7-6-14(20-22)19-16(23)11-8-13(10-4-5-10)18-15-12(11)9-17-21(15)2/h6-10H,3-5H2,1-2H3,(H,19,20,23). The third kappa shape index (κ3) is 2.48. The van der Waals surface area contributed by atoms with Crippen molar-refractivity contribution in [3.8, 4) is 0 Å². The van der Waals surface area contributed by atoms with Crippen LogP contribution in [0, 0.1) is 0 Å². The van der Waals surface area contributed by atoms with E-state index in [-0.39, 0.29) is 5.91 Å². The van der Waals surface area contributed by atoms with Crippen molar-refractivity contribution in [2.24, 2.45) is 7.05 Å². The molecule has 1 aliphatic rings. The number of carbonyl (C=O) groups excluding carboxylic acids is 1. The van der Waals surface area contributed by atoms with Crippen molar-refractivity contribution in [3.63, 3.8) is 0 Å². The molecular weight excluding hydrogens is 292 g/mol. The van der Waals surface area contributed by atoms with E-state index in [1.807, 2.05) is 26.2 Å². The van der Waals surface area contributed by atoms with Gasteiger partial charge in [-0.05, 0) is 25.8 Å². The molecule has 4 rings (SSSR count). The minimum absolute atomic E-state index is 0.173. The highest BCUT2D eigenvalue weighted by molar-refractivity contribution is 6.11. The second kappa shape index (κ2) is 5.19. The number of hydrogen-bond acceptors (Lipinski definition) is 4. The Morgan fingerprint density at radius 2 is 2.26 bits per heavy atom. The van der Waals surface area contributed by atoms with E-state index in [1.165, 1.54) is 0 Å². The largest absolute Gasteiger partial charge is 0.305 e. The van der Waals surface area contributed by atoms with Gasteiger partial charge in [-0.3, -0.25) is 14.2 Å². The van der Waals surface area contributed by atoms with E-state index in [1.54, 1.807) is 21.6 Å². The number of rotatable bonds is 4. The molecule has 3 heterocycles. The highest BCUT2D eigenvalue weighted by Crippen LogP contribution is 2.40. The molecule has 7 nitrogen and oxygen atoms in total. The van der Waals surface area contributed by atoms with Crippen molar-refractivity contribution in [2.45, 2.75) is 32.2 Å². The topological polar surface area (TPSA) is 77.6 Å². The molecule has 0 spiro atoms. The van der Waals surface area contributed by atoms with Gasteiger partial charge in [-0.25, -0.2) is 4.98 Å². The summed E-state index contributed by atoms with van der Waals surface area (Å²) < 4.78 is 3.49. The van der Waals surface area contributed by atoms with Gasteiger partial charge in [0.15, 0.2) is 11.5 Å². The van der Waals surface area contributed by atoms with Crippen molar-refractivity contribution < 1.29 is 4.79 Å². The summed E-state index contributed by atoms with van der Waals surface area (Å²) in [4.78, 5) is 17.4. The molecule has 0 aliphatic heterocycles. The smallest absolute Gasteiger partial charge is 0.257 e. The zero-order valence-corrected chi connectivity index (χ0v) is 13.2. The maximum Gasteiger partial charge on any atom is 0.257 e. The number of aryl methyl sites for hydroxylation is 2. The van der Waals surface area contributed by atoms with E-state index in [9.17, 15) is 4.79 Å². The monoisotopic (exact) mass is 310 g/mol. The van der Waals surface area contributed by atoms with E-state index in [2.05, 4.69) is 20.5 Å². The van der Waals surface area contributed by atoms with E-state index < -0.39 is 0 Å². The highest BCUT2D eigenvalue weighted by atomic mass is 16.1. The molecule has 0 unspecified atom stereocenters. The molecule has 0 bridgehead atoms. The second-order valence-electron chi connectivity index (χ2n) is 5.89. The number of pyridine rings is 1. The second-order valence-corrected chi connectivity index (χ2v) is 5.89. The molecule has 1 N–H and O–H groups in total. The van der Waals surface area contributed by atoms with Gasteiger partial charge in [0, 0.05) is 37.5 Å². The zero-order chi connectivity index (χ0) is 16.0. The fourth-order valence-electron chi connectivity index (χ4n) is 2.70. The Morgan fingerprint density at radius 3 is 2.96 bits per heavy atom. The molecule has 0 aromatic carbocycles. The molecule has 23 heavy (non-hydrogen) atoms. The van der Waals surface area contributed by atoms with Gasteiger partial charge in [0.05, 0.1) is 17.1 Å². The Labute approximate surface area is 133 Å². The first-order valence-corrected chi connectivity index (χ1v) is 7.83. The minimum atomic E-state index is -0.173. The Bertz CT molecular complexity index is 889. The Hall–Kier alpha value is -2.70. The molecule has 1 fully saturated rings. The highest BCUT2D eigenvalue weighted by Gasteiger charge is 2.27. The van der Waals surface area contributed by atoms with Crippen molar-refractivity contribution in [3.05, 3.63) is 35.8 Å². The predicted molar refractivity (Wildman–Crippen MR) is 86.3 cm³/mol. The third-order valence-electron chi connectivity index (χ3n) is 4.17.